The minimum absolute atomic E-state index is 0.197. The molecule has 1 N–H and O–H groups in total. The van der Waals surface area contributed by atoms with Gasteiger partial charge in [-0.15, -0.1) is 0 Å². The molecule has 0 aliphatic heterocycles. The Bertz CT molecular complexity index is 398. The molecule has 1 atom stereocenters. The highest BCUT2D eigenvalue weighted by molar-refractivity contribution is 7.89. The van der Waals surface area contributed by atoms with Gasteiger partial charge < -0.3 is 5.11 Å². The van der Waals surface area contributed by atoms with Crippen LogP contribution in [0.25, 0.3) is 0 Å². The monoisotopic (exact) mass is 236 g/mol. The Balaban J connectivity index is 2.48. The van der Waals surface area contributed by atoms with Crippen molar-refractivity contribution < 1.29 is 9.32 Å². The van der Waals surface area contributed by atoms with Gasteiger partial charge in [-0.05, 0) is 31.9 Å². The van der Waals surface area contributed by atoms with Crippen LogP contribution in [0.4, 0.5) is 0 Å². The van der Waals surface area contributed by atoms with Crippen LogP contribution in [0.5, 0.6) is 0 Å². The lowest BCUT2D eigenvalue weighted by atomic mass is 10.2. The van der Waals surface area contributed by atoms with Gasteiger partial charge in [0.15, 0.2) is 0 Å². The average molecular weight is 236 g/mol. The van der Waals surface area contributed by atoms with Crippen molar-refractivity contribution in [3.8, 4) is 11.2 Å². The van der Waals surface area contributed by atoms with Gasteiger partial charge in [0.05, 0.1) is 4.90 Å². The van der Waals surface area contributed by atoms with Crippen LogP contribution >= 0.6 is 0 Å². The summed E-state index contributed by atoms with van der Waals surface area (Å²) >= 11 is 0. The Kier molecular flexibility index (Phi) is 5.84. The summed E-state index contributed by atoms with van der Waals surface area (Å²) in [7, 11) is -1.22. The molecule has 1 rings (SSSR count). The standard InChI is InChI=1S/C13H16O2S/c1-12-6-8-13(9-7-12)16(15)11-5-3-2-4-10-14/h6-9,14H,2-4,10H2,1H3. The average Bonchev–Trinajstić information content (AvgIpc) is 2.29. The van der Waals surface area contributed by atoms with E-state index in [0.717, 1.165) is 23.3 Å². The third-order valence-corrected chi connectivity index (χ3v) is 3.14. The van der Waals surface area contributed by atoms with E-state index in [4.69, 9.17) is 5.11 Å². The van der Waals surface area contributed by atoms with Crippen LogP contribution in [0.1, 0.15) is 24.8 Å². The van der Waals surface area contributed by atoms with E-state index in [1.54, 1.807) is 0 Å². The molecule has 0 aliphatic carbocycles. The number of rotatable bonds is 4. The van der Waals surface area contributed by atoms with E-state index in [1.807, 2.05) is 31.2 Å². The van der Waals surface area contributed by atoms with Gasteiger partial charge in [-0.2, -0.15) is 0 Å². The molecule has 0 heterocycles. The van der Waals surface area contributed by atoms with Crippen molar-refractivity contribution in [2.24, 2.45) is 0 Å². The first-order chi connectivity index (χ1) is 7.74. The predicted molar refractivity (Wildman–Crippen MR) is 66.3 cm³/mol. The van der Waals surface area contributed by atoms with Crippen LogP contribution in [0.2, 0.25) is 0 Å². The van der Waals surface area contributed by atoms with Crippen molar-refractivity contribution in [1.82, 2.24) is 0 Å². The van der Waals surface area contributed by atoms with E-state index in [0.29, 0.717) is 6.42 Å². The highest BCUT2D eigenvalue weighted by Crippen LogP contribution is 2.07. The zero-order valence-electron chi connectivity index (χ0n) is 9.40. The van der Waals surface area contributed by atoms with Gasteiger partial charge in [0.1, 0.15) is 10.8 Å². The first-order valence-corrected chi connectivity index (χ1v) is 6.47. The van der Waals surface area contributed by atoms with Crippen molar-refractivity contribution >= 4 is 10.8 Å². The molecule has 0 radical (unpaired) electrons. The summed E-state index contributed by atoms with van der Waals surface area (Å²) in [6.45, 7) is 2.19. The predicted octanol–water partition coefficient (Wildman–Crippen LogP) is 2.23. The molecule has 0 saturated heterocycles. The molecule has 0 saturated carbocycles. The van der Waals surface area contributed by atoms with Crippen molar-refractivity contribution in [2.75, 3.05) is 6.61 Å². The van der Waals surface area contributed by atoms with Gasteiger partial charge in [0.25, 0.3) is 0 Å². The summed E-state index contributed by atoms with van der Waals surface area (Å²) in [4.78, 5) is 0.750. The Morgan fingerprint density at radius 1 is 1.25 bits per heavy atom. The third-order valence-electron chi connectivity index (χ3n) is 2.11. The van der Waals surface area contributed by atoms with Crippen molar-refractivity contribution in [3.05, 3.63) is 29.8 Å². The van der Waals surface area contributed by atoms with Crippen LogP contribution in [0.3, 0.4) is 0 Å². The smallest absolute Gasteiger partial charge is 0.130 e. The van der Waals surface area contributed by atoms with E-state index in [1.165, 1.54) is 0 Å². The third kappa shape index (κ3) is 4.61. The van der Waals surface area contributed by atoms with E-state index >= 15 is 0 Å². The van der Waals surface area contributed by atoms with Gasteiger partial charge in [0, 0.05) is 18.3 Å². The van der Waals surface area contributed by atoms with Gasteiger partial charge in [-0.1, -0.05) is 23.6 Å². The highest BCUT2D eigenvalue weighted by Gasteiger charge is 1.97. The highest BCUT2D eigenvalue weighted by atomic mass is 32.2. The lowest BCUT2D eigenvalue weighted by Crippen LogP contribution is -1.87. The summed E-state index contributed by atoms with van der Waals surface area (Å²) in [5.41, 5.74) is 1.15. The second-order valence-electron chi connectivity index (χ2n) is 3.54. The molecule has 2 nitrogen and oxygen atoms in total. The largest absolute Gasteiger partial charge is 0.396 e. The first kappa shape index (κ1) is 13.0. The molecule has 3 heteroatoms. The number of aryl methyl sites for hydroxylation is 1. The molecule has 1 aromatic rings. The Hall–Kier alpha value is -1.11. The fourth-order valence-electron chi connectivity index (χ4n) is 1.16. The number of aliphatic hydroxyl groups excluding tert-OH is 1. The molecule has 86 valence electrons. The van der Waals surface area contributed by atoms with Crippen molar-refractivity contribution in [2.45, 2.75) is 31.1 Å². The van der Waals surface area contributed by atoms with Gasteiger partial charge in [-0.3, -0.25) is 0 Å². The normalized spacial score (nSPS) is 11.6. The van der Waals surface area contributed by atoms with Crippen LogP contribution in [0, 0.1) is 18.1 Å². The Morgan fingerprint density at radius 3 is 2.56 bits per heavy atom. The second kappa shape index (κ2) is 7.21. The Labute approximate surface area is 99.2 Å². The minimum atomic E-state index is -1.22. The minimum Gasteiger partial charge on any atom is -0.396 e. The molecule has 16 heavy (non-hydrogen) atoms. The molecule has 0 spiro atoms. The summed E-state index contributed by atoms with van der Waals surface area (Å²) in [5, 5.41) is 11.3. The number of hydrogen-bond acceptors (Lipinski definition) is 2. The summed E-state index contributed by atoms with van der Waals surface area (Å²) < 4.78 is 11.7. The maximum absolute atomic E-state index is 11.7. The summed E-state index contributed by atoms with van der Waals surface area (Å²) in [5.74, 6) is 2.87. The SMILES string of the molecule is Cc1ccc(S(=O)C#CCCCCO)cc1. The van der Waals surface area contributed by atoms with E-state index < -0.39 is 10.8 Å². The number of unbranched alkanes of at least 4 members (excludes halogenated alkanes) is 2. The Morgan fingerprint density at radius 2 is 1.94 bits per heavy atom. The molecule has 0 aromatic heterocycles. The van der Waals surface area contributed by atoms with Gasteiger partial charge in [0.2, 0.25) is 0 Å². The maximum Gasteiger partial charge on any atom is 0.130 e. The number of benzene rings is 1. The molecule has 1 unspecified atom stereocenters. The molecule has 0 aliphatic rings. The first-order valence-electron chi connectivity index (χ1n) is 5.32. The van der Waals surface area contributed by atoms with E-state index in [-0.39, 0.29) is 6.61 Å². The fraction of sp³-hybridized carbons (Fsp3) is 0.385. The van der Waals surface area contributed by atoms with Crippen LogP contribution in [0.15, 0.2) is 29.2 Å². The van der Waals surface area contributed by atoms with Gasteiger partial charge >= 0.3 is 0 Å². The molecular formula is C13H16O2S. The number of aliphatic hydroxyl groups is 1. The second-order valence-corrected chi connectivity index (χ2v) is 4.75. The number of hydrogen-bond donors (Lipinski definition) is 1. The topological polar surface area (TPSA) is 37.3 Å². The maximum atomic E-state index is 11.7. The molecule has 0 fully saturated rings. The lowest BCUT2D eigenvalue weighted by molar-refractivity contribution is 0.285. The van der Waals surface area contributed by atoms with Crippen molar-refractivity contribution in [1.29, 1.82) is 0 Å². The van der Waals surface area contributed by atoms with Crippen LogP contribution in [-0.2, 0) is 10.8 Å². The molecule has 1 aromatic carbocycles. The van der Waals surface area contributed by atoms with E-state index in [9.17, 15) is 4.21 Å². The van der Waals surface area contributed by atoms with Gasteiger partial charge in [-0.25, -0.2) is 4.21 Å². The van der Waals surface area contributed by atoms with Crippen molar-refractivity contribution in [3.63, 3.8) is 0 Å². The molecule has 0 amide bonds. The van der Waals surface area contributed by atoms with Crippen LogP contribution in [-0.4, -0.2) is 15.9 Å². The lowest BCUT2D eigenvalue weighted by Gasteiger charge is -1.95. The summed E-state index contributed by atoms with van der Waals surface area (Å²) in [6, 6.07) is 7.54. The molecular weight excluding hydrogens is 220 g/mol. The van der Waals surface area contributed by atoms with E-state index in [2.05, 4.69) is 11.2 Å². The quantitative estimate of drug-likeness (QED) is 0.643. The molecule has 0 bridgehead atoms. The zero-order valence-corrected chi connectivity index (χ0v) is 10.2. The van der Waals surface area contributed by atoms with Crippen LogP contribution < -0.4 is 0 Å². The summed E-state index contributed by atoms with van der Waals surface area (Å²) in [6.07, 6.45) is 2.30. The zero-order chi connectivity index (χ0) is 11.8. The fourth-order valence-corrected chi connectivity index (χ4v) is 1.90.